The summed E-state index contributed by atoms with van der Waals surface area (Å²) < 4.78 is 75.7. The van der Waals surface area contributed by atoms with Gasteiger partial charge in [0.25, 0.3) is 5.91 Å². The quantitative estimate of drug-likeness (QED) is 0.269. The van der Waals surface area contributed by atoms with E-state index in [-0.39, 0.29) is 18.8 Å². The van der Waals surface area contributed by atoms with Crippen LogP contribution in [0.15, 0.2) is 22.8 Å². The molecule has 1 aliphatic rings. The summed E-state index contributed by atoms with van der Waals surface area (Å²) in [6, 6.07) is 5.16. The second-order valence-corrected chi connectivity index (χ2v) is 10.3. The molecule has 15 heteroatoms. The highest BCUT2D eigenvalue weighted by Crippen LogP contribution is 2.36. The van der Waals surface area contributed by atoms with Crippen LogP contribution in [0.2, 0.25) is 0 Å². The van der Waals surface area contributed by atoms with E-state index in [0.29, 0.717) is 34.5 Å². The van der Waals surface area contributed by atoms with Crippen LogP contribution < -0.4 is 10.6 Å². The Bertz CT molecular complexity index is 1260. The number of rotatable bonds is 8. The molecule has 0 unspecified atom stereocenters. The molecule has 1 aromatic carbocycles. The van der Waals surface area contributed by atoms with Gasteiger partial charge in [0.05, 0.1) is 29.4 Å². The Morgan fingerprint density at radius 3 is 2.15 bits per heavy atom. The zero-order valence-electron chi connectivity index (χ0n) is 23.2. The summed E-state index contributed by atoms with van der Waals surface area (Å²) in [7, 11) is 0. The average molecular weight is 593 g/mol. The number of halogens is 6. The van der Waals surface area contributed by atoms with Gasteiger partial charge in [0, 0.05) is 13.0 Å². The van der Waals surface area contributed by atoms with E-state index in [1.54, 1.807) is 18.2 Å². The predicted molar refractivity (Wildman–Crippen MR) is 137 cm³/mol. The number of benzene rings is 1. The van der Waals surface area contributed by atoms with Gasteiger partial charge in [-0.3, -0.25) is 9.59 Å². The number of hydrogen-bond acceptors (Lipinski definition) is 6. The largest absolute Gasteiger partial charge is 0.393 e. The van der Waals surface area contributed by atoms with Crippen molar-refractivity contribution in [1.29, 1.82) is 0 Å². The summed E-state index contributed by atoms with van der Waals surface area (Å²) in [4.78, 5) is 31.1. The Balaban J connectivity index is 0.000000448. The Morgan fingerprint density at radius 1 is 0.976 bits per heavy atom. The Hall–Kier alpha value is -3.65. The predicted octanol–water partition coefficient (Wildman–Crippen LogP) is 6.16. The van der Waals surface area contributed by atoms with Crippen molar-refractivity contribution in [1.82, 2.24) is 30.9 Å². The van der Waals surface area contributed by atoms with Gasteiger partial charge in [0.15, 0.2) is 5.69 Å². The van der Waals surface area contributed by atoms with E-state index in [2.05, 4.69) is 35.5 Å². The molecule has 41 heavy (non-hydrogen) atoms. The fourth-order valence-corrected chi connectivity index (χ4v) is 2.71. The monoisotopic (exact) mass is 592 g/mol. The summed E-state index contributed by atoms with van der Waals surface area (Å²) in [6.45, 7) is 5.47. The van der Waals surface area contributed by atoms with Gasteiger partial charge < -0.3 is 15.6 Å². The van der Waals surface area contributed by atoms with Crippen LogP contribution in [-0.2, 0) is 24.3 Å². The van der Waals surface area contributed by atoms with E-state index in [1.165, 1.54) is 19.3 Å². The second-order valence-electron chi connectivity index (χ2n) is 10.3. The average Bonchev–Trinajstić information content (AvgIpc) is 3.58. The van der Waals surface area contributed by atoms with E-state index in [0.717, 1.165) is 20.8 Å². The van der Waals surface area contributed by atoms with Gasteiger partial charge in [-0.2, -0.15) is 26.3 Å². The minimum Gasteiger partial charge on any atom is -0.352 e. The fraction of sp³-hybridized carbons (Fsp3) is 0.577. The van der Waals surface area contributed by atoms with Crippen molar-refractivity contribution in [3.05, 3.63) is 41.0 Å². The first-order chi connectivity index (χ1) is 19.0. The molecule has 0 saturated heterocycles. The van der Waals surface area contributed by atoms with Crippen molar-refractivity contribution >= 4 is 22.8 Å². The molecule has 1 saturated carbocycles. The number of aromatic nitrogens is 4. The fourth-order valence-electron chi connectivity index (χ4n) is 2.71. The number of H-pyrrole nitrogens is 1. The van der Waals surface area contributed by atoms with Gasteiger partial charge in [-0.15, -0.1) is 0 Å². The van der Waals surface area contributed by atoms with E-state index >= 15 is 0 Å². The molecule has 4 rings (SSSR count). The maximum Gasteiger partial charge on any atom is 0.393 e. The lowest BCUT2D eigenvalue weighted by Crippen LogP contribution is -2.28. The van der Waals surface area contributed by atoms with Crippen molar-refractivity contribution in [3.63, 3.8) is 0 Å². The molecule has 228 valence electrons. The molecule has 0 aliphatic heterocycles. The van der Waals surface area contributed by atoms with Crippen LogP contribution in [0, 0.1) is 5.41 Å². The standard InChI is InChI=1S/C18H19F3N6O3.C5H9F3.C3H6/c1-2-11-16(27-30-26-11)17(29)23-9-14-24-12-4-3-10(7-13(12)25-14)8-22-15(28)5-6-18(19,20)21;1-4(2,3)5(6,7)8;1-2-3-1/h3-4,7H,2,5-6,8-9H2,1H3,(H,22,28)(H,23,29)(H,24,25);1-3H3;1-3H2. The summed E-state index contributed by atoms with van der Waals surface area (Å²) in [6.07, 6.45) is -5.18. The highest BCUT2D eigenvalue weighted by molar-refractivity contribution is 5.93. The van der Waals surface area contributed by atoms with Gasteiger partial charge in [-0.05, 0) is 29.3 Å². The van der Waals surface area contributed by atoms with Gasteiger partial charge in [0.1, 0.15) is 11.5 Å². The number of hydrogen-bond donors (Lipinski definition) is 3. The third-order valence-corrected chi connectivity index (χ3v) is 5.45. The van der Waals surface area contributed by atoms with Crippen LogP contribution in [0.25, 0.3) is 11.0 Å². The first-order valence-corrected chi connectivity index (χ1v) is 13.0. The molecule has 1 fully saturated rings. The topological polar surface area (TPSA) is 126 Å². The third kappa shape index (κ3) is 12.2. The molecule has 2 aromatic heterocycles. The number of imidazole rings is 1. The Labute approximate surface area is 232 Å². The highest BCUT2D eigenvalue weighted by Gasteiger charge is 2.42. The second kappa shape index (κ2) is 14.3. The SMILES string of the molecule is C1CC1.CC(C)(C)C(F)(F)F.CCc1nonc1C(=O)NCc1nc2ccc(CNC(=O)CCC(F)(F)F)cc2[nH]1. The van der Waals surface area contributed by atoms with E-state index in [4.69, 9.17) is 0 Å². The van der Waals surface area contributed by atoms with Crippen LogP contribution >= 0.6 is 0 Å². The molecule has 3 N–H and O–H groups in total. The molecule has 1 aliphatic carbocycles. The summed E-state index contributed by atoms with van der Waals surface area (Å²) in [5.74, 6) is -0.607. The maximum atomic E-state index is 12.2. The van der Waals surface area contributed by atoms with E-state index in [1.807, 2.05) is 6.92 Å². The van der Waals surface area contributed by atoms with E-state index in [9.17, 15) is 35.9 Å². The lowest BCUT2D eigenvalue weighted by atomic mass is 9.96. The smallest absolute Gasteiger partial charge is 0.352 e. The number of fused-ring (bicyclic) bond motifs is 1. The van der Waals surface area contributed by atoms with Crippen LogP contribution in [0.1, 0.15) is 87.4 Å². The molecule has 0 atom stereocenters. The number of carbonyl (C=O) groups is 2. The van der Waals surface area contributed by atoms with Gasteiger partial charge >= 0.3 is 12.4 Å². The molecule has 0 radical (unpaired) electrons. The Morgan fingerprint density at radius 2 is 1.61 bits per heavy atom. The van der Waals surface area contributed by atoms with Gasteiger partial charge in [-0.1, -0.05) is 58.2 Å². The molecule has 2 heterocycles. The van der Waals surface area contributed by atoms with Crippen molar-refractivity contribution in [3.8, 4) is 0 Å². The minimum atomic E-state index is -4.36. The summed E-state index contributed by atoms with van der Waals surface area (Å²) in [5.41, 5.74) is 1.02. The molecular formula is C26H34F6N6O3. The van der Waals surface area contributed by atoms with Crippen LogP contribution in [0.4, 0.5) is 26.3 Å². The number of aryl methyl sites for hydroxylation is 1. The zero-order valence-corrected chi connectivity index (χ0v) is 23.2. The number of aromatic amines is 1. The first kappa shape index (κ1) is 33.6. The van der Waals surface area contributed by atoms with Crippen molar-refractivity contribution in [2.45, 2.75) is 91.7 Å². The molecule has 3 aromatic rings. The maximum absolute atomic E-state index is 12.2. The van der Waals surface area contributed by atoms with E-state index < -0.39 is 42.4 Å². The van der Waals surface area contributed by atoms with Crippen molar-refractivity contribution in [2.24, 2.45) is 5.41 Å². The van der Waals surface area contributed by atoms with Crippen LogP contribution in [0.3, 0.4) is 0 Å². The summed E-state index contributed by atoms with van der Waals surface area (Å²) in [5, 5.41) is 12.4. The van der Waals surface area contributed by atoms with Crippen molar-refractivity contribution in [2.75, 3.05) is 0 Å². The minimum absolute atomic E-state index is 0.0939. The number of amides is 2. The molecule has 2 amide bonds. The zero-order chi connectivity index (χ0) is 30.8. The van der Waals surface area contributed by atoms with Gasteiger partial charge in [-0.25, -0.2) is 9.61 Å². The van der Waals surface area contributed by atoms with Crippen LogP contribution in [-0.4, -0.2) is 44.4 Å². The number of nitrogens with one attached hydrogen (secondary N) is 3. The lowest BCUT2D eigenvalue weighted by Gasteiger charge is -2.21. The molecular weight excluding hydrogens is 558 g/mol. The van der Waals surface area contributed by atoms with Gasteiger partial charge in [0.2, 0.25) is 5.91 Å². The van der Waals surface area contributed by atoms with Crippen molar-refractivity contribution < 1.29 is 40.6 Å². The normalized spacial score (nSPS) is 13.0. The molecule has 0 spiro atoms. The lowest BCUT2D eigenvalue weighted by molar-refractivity contribution is -0.204. The third-order valence-electron chi connectivity index (χ3n) is 5.45. The number of carbonyl (C=O) groups excluding carboxylic acids is 2. The number of alkyl halides is 6. The highest BCUT2D eigenvalue weighted by atomic mass is 19.4. The molecule has 0 bridgehead atoms. The first-order valence-electron chi connectivity index (χ1n) is 13.0. The number of nitrogens with zero attached hydrogens (tertiary/aromatic N) is 3. The van der Waals surface area contributed by atoms with Crippen LogP contribution in [0.5, 0.6) is 0 Å². The summed E-state index contributed by atoms with van der Waals surface area (Å²) >= 11 is 0. The Kier molecular flexibility index (Phi) is 11.7. The molecule has 9 nitrogen and oxygen atoms in total.